The molecule has 0 aliphatic carbocycles. The Labute approximate surface area is 69.8 Å². The van der Waals surface area contributed by atoms with Crippen molar-refractivity contribution in [2.24, 2.45) is 5.92 Å². The van der Waals surface area contributed by atoms with Crippen LogP contribution in [-0.4, -0.2) is 11.7 Å². The Hall–Kier alpha value is -0.480. The van der Waals surface area contributed by atoms with Gasteiger partial charge in [-0.15, -0.1) is 5.92 Å². The standard InChI is InChI=1S/C10H18O/c1-10(2)8-6-4-3-5-7-9-11/h10-11H,3-4,6,8-9H2,1-2H3. The number of hydrogen-bond acceptors (Lipinski definition) is 1. The molecule has 0 heterocycles. The third-order valence-electron chi connectivity index (χ3n) is 1.54. The molecule has 64 valence electrons. The second-order valence-corrected chi connectivity index (χ2v) is 3.15. The fourth-order valence-electron chi connectivity index (χ4n) is 0.910. The number of aliphatic hydroxyl groups is 1. The number of rotatable bonds is 4. The highest BCUT2D eigenvalue weighted by Gasteiger charge is 1.91. The Morgan fingerprint density at radius 1 is 1.18 bits per heavy atom. The minimum atomic E-state index is 0.00415. The first-order chi connectivity index (χ1) is 5.27. The molecule has 0 atom stereocenters. The van der Waals surface area contributed by atoms with Crippen molar-refractivity contribution in [3.05, 3.63) is 0 Å². The molecule has 0 aliphatic rings. The highest BCUT2D eigenvalue weighted by Crippen LogP contribution is 2.06. The third-order valence-corrected chi connectivity index (χ3v) is 1.54. The maximum Gasteiger partial charge on any atom is 0.104 e. The zero-order valence-electron chi connectivity index (χ0n) is 7.56. The lowest BCUT2D eigenvalue weighted by atomic mass is 10.1. The van der Waals surface area contributed by atoms with Gasteiger partial charge < -0.3 is 5.11 Å². The Morgan fingerprint density at radius 2 is 1.91 bits per heavy atom. The van der Waals surface area contributed by atoms with Gasteiger partial charge in [0, 0.05) is 6.42 Å². The summed E-state index contributed by atoms with van der Waals surface area (Å²) in [5.74, 6) is 6.36. The van der Waals surface area contributed by atoms with Crippen LogP contribution in [0.15, 0.2) is 0 Å². The second kappa shape index (κ2) is 7.63. The van der Waals surface area contributed by atoms with Crippen LogP contribution in [0.25, 0.3) is 0 Å². The van der Waals surface area contributed by atoms with Crippen LogP contribution in [0, 0.1) is 17.8 Å². The van der Waals surface area contributed by atoms with Gasteiger partial charge in [0.15, 0.2) is 0 Å². The molecule has 1 nitrogen and oxygen atoms in total. The van der Waals surface area contributed by atoms with E-state index >= 15 is 0 Å². The van der Waals surface area contributed by atoms with E-state index in [9.17, 15) is 0 Å². The van der Waals surface area contributed by atoms with E-state index in [-0.39, 0.29) is 6.61 Å². The summed E-state index contributed by atoms with van der Waals surface area (Å²) in [6, 6.07) is 0. The summed E-state index contributed by atoms with van der Waals surface area (Å²) >= 11 is 0. The van der Waals surface area contributed by atoms with Gasteiger partial charge in [0.1, 0.15) is 6.61 Å². The monoisotopic (exact) mass is 154 g/mol. The molecule has 0 rings (SSSR count). The molecule has 0 saturated heterocycles. The molecule has 0 unspecified atom stereocenters. The van der Waals surface area contributed by atoms with E-state index < -0.39 is 0 Å². The minimum Gasteiger partial charge on any atom is -0.384 e. The first-order valence-corrected chi connectivity index (χ1v) is 4.34. The maximum absolute atomic E-state index is 8.34. The van der Waals surface area contributed by atoms with Gasteiger partial charge in [-0.2, -0.15) is 0 Å². The summed E-state index contributed by atoms with van der Waals surface area (Å²) in [6.45, 7) is 4.48. The predicted molar refractivity (Wildman–Crippen MR) is 48.2 cm³/mol. The quantitative estimate of drug-likeness (QED) is 0.486. The summed E-state index contributed by atoms with van der Waals surface area (Å²) in [5, 5.41) is 8.34. The van der Waals surface area contributed by atoms with Crippen molar-refractivity contribution < 1.29 is 5.11 Å². The average Bonchev–Trinajstić information content (AvgIpc) is 1.96. The molecular weight excluding hydrogens is 136 g/mol. The van der Waals surface area contributed by atoms with E-state index in [2.05, 4.69) is 25.7 Å². The van der Waals surface area contributed by atoms with Crippen LogP contribution in [0.1, 0.15) is 39.5 Å². The van der Waals surface area contributed by atoms with Crippen LogP contribution < -0.4 is 0 Å². The van der Waals surface area contributed by atoms with Crippen LogP contribution >= 0.6 is 0 Å². The van der Waals surface area contributed by atoms with E-state index in [0.29, 0.717) is 0 Å². The van der Waals surface area contributed by atoms with Gasteiger partial charge in [0.25, 0.3) is 0 Å². The fraction of sp³-hybridized carbons (Fsp3) is 0.800. The van der Waals surface area contributed by atoms with Gasteiger partial charge >= 0.3 is 0 Å². The minimum absolute atomic E-state index is 0.00415. The van der Waals surface area contributed by atoms with Crippen molar-refractivity contribution in [2.75, 3.05) is 6.61 Å². The molecule has 0 aromatic heterocycles. The highest BCUT2D eigenvalue weighted by atomic mass is 16.2. The smallest absolute Gasteiger partial charge is 0.104 e. The molecule has 1 N–H and O–H groups in total. The summed E-state index contributed by atoms with van der Waals surface area (Å²) in [6.07, 6.45) is 4.66. The molecule has 0 bridgehead atoms. The lowest BCUT2D eigenvalue weighted by molar-refractivity contribution is 0.350. The molecule has 0 aromatic rings. The van der Waals surface area contributed by atoms with Crippen molar-refractivity contribution in [1.82, 2.24) is 0 Å². The maximum atomic E-state index is 8.34. The molecule has 0 aliphatic heterocycles. The van der Waals surface area contributed by atoms with Crippen molar-refractivity contribution in [2.45, 2.75) is 39.5 Å². The van der Waals surface area contributed by atoms with Crippen molar-refractivity contribution >= 4 is 0 Å². The van der Waals surface area contributed by atoms with E-state index in [4.69, 9.17) is 5.11 Å². The third kappa shape index (κ3) is 9.52. The highest BCUT2D eigenvalue weighted by molar-refractivity contribution is 4.98. The van der Waals surface area contributed by atoms with Gasteiger partial charge in [0.05, 0.1) is 0 Å². The van der Waals surface area contributed by atoms with Crippen LogP contribution in [0.4, 0.5) is 0 Å². The van der Waals surface area contributed by atoms with Crippen molar-refractivity contribution in [3.63, 3.8) is 0 Å². The normalized spacial score (nSPS) is 9.45. The molecular formula is C10H18O. The van der Waals surface area contributed by atoms with Gasteiger partial charge in [0.2, 0.25) is 0 Å². The summed E-state index contributed by atoms with van der Waals surface area (Å²) in [5.41, 5.74) is 0. The second-order valence-electron chi connectivity index (χ2n) is 3.15. The molecule has 0 aromatic carbocycles. The lowest BCUT2D eigenvalue weighted by Crippen LogP contribution is -1.86. The van der Waals surface area contributed by atoms with Gasteiger partial charge in [-0.25, -0.2) is 0 Å². The SMILES string of the molecule is CC(C)CCCCC#CCO. The van der Waals surface area contributed by atoms with Crippen LogP contribution in [0.2, 0.25) is 0 Å². The zero-order valence-corrected chi connectivity index (χ0v) is 7.56. The van der Waals surface area contributed by atoms with Crippen molar-refractivity contribution in [1.29, 1.82) is 0 Å². The fourth-order valence-corrected chi connectivity index (χ4v) is 0.910. The topological polar surface area (TPSA) is 20.2 Å². The number of aliphatic hydroxyl groups excluding tert-OH is 1. The molecule has 0 spiro atoms. The predicted octanol–water partition coefficient (Wildman–Crippen LogP) is 2.20. The first kappa shape index (κ1) is 10.5. The average molecular weight is 154 g/mol. The van der Waals surface area contributed by atoms with E-state index in [1.165, 1.54) is 19.3 Å². The summed E-state index contributed by atoms with van der Waals surface area (Å²) in [7, 11) is 0. The van der Waals surface area contributed by atoms with Gasteiger partial charge in [-0.1, -0.05) is 32.6 Å². The largest absolute Gasteiger partial charge is 0.384 e. The first-order valence-electron chi connectivity index (χ1n) is 4.34. The Morgan fingerprint density at radius 3 is 2.45 bits per heavy atom. The molecule has 0 saturated carbocycles. The lowest BCUT2D eigenvalue weighted by Gasteiger charge is -2.00. The molecule has 0 radical (unpaired) electrons. The van der Waals surface area contributed by atoms with Crippen LogP contribution in [0.5, 0.6) is 0 Å². The van der Waals surface area contributed by atoms with E-state index in [1.807, 2.05) is 0 Å². The van der Waals surface area contributed by atoms with Crippen LogP contribution in [-0.2, 0) is 0 Å². The summed E-state index contributed by atoms with van der Waals surface area (Å²) < 4.78 is 0. The van der Waals surface area contributed by atoms with Gasteiger partial charge in [-0.05, 0) is 12.3 Å². The van der Waals surface area contributed by atoms with E-state index in [0.717, 1.165) is 12.3 Å². The zero-order chi connectivity index (χ0) is 8.53. The molecule has 0 amide bonds. The Balaban J connectivity index is 3.02. The van der Waals surface area contributed by atoms with E-state index in [1.54, 1.807) is 0 Å². The molecule has 11 heavy (non-hydrogen) atoms. The van der Waals surface area contributed by atoms with Crippen LogP contribution in [0.3, 0.4) is 0 Å². The van der Waals surface area contributed by atoms with Gasteiger partial charge in [-0.3, -0.25) is 0 Å². The number of hydrogen-bond donors (Lipinski definition) is 1. The van der Waals surface area contributed by atoms with Crippen molar-refractivity contribution in [3.8, 4) is 11.8 Å². The number of unbranched alkanes of at least 4 members (excludes halogenated alkanes) is 2. The Bertz CT molecular complexity index is 128. The Kier molecular flexibility index (Phi) is 7.29. The molecule has 1 heteroatoms. The molecule has 0 fully saturated rings. The summed E-state index contributed by atoms with van der Waals surface area (Å²) in [4.78, 5) is 0.